The lowest BCUT2D eigenvalue weighted by Gasteiger charge is -2.22. The minimum atomic E-state index is -0.796. The lowest BCUT2D eigenvalue weighted by Crippen LogP contribution is -2.51. The maximum Gasteiger partial charge on any atom is 0.293 e. The maximum atomic E-state index is 12.8. The van der Waals surface area contributed by atoms with Gasteiger partial charge in [0.25, 0.3) is 17.1 Å². The van der Waals surface area contributed by atoms with Crippen molar-refractivity contribution in [2.75, 3.05) is 27.0 Å². The molecule has 4 amide bonds. The highest BCUT2D eigenvalue weighted by atomic mass is 32.2. The summed E-state index contributed by atoms with van der Waals surface area (Å²) in [7, 11) is 1.53. The molecule has 2 heterocycles. The van der Waals surface area contributed by atoms with Gasteiger partial charge in [0.2, 0.25) is 12.7 Å². The number of amides is 4. The Kier molecular flexibility index (Phi) is 8.02. The van der Waals surface area contributed by atoms with Crippen LogP contribution in [0.25, 0.3) is 6.08 Å². The Morgan fingerprint density at radius 2 is 1.84 bits per heavy atom. The standard InChI is InChI=1S/C26H27N3O7S/c1-15(2)22(28-23(30)17-5-7-18(34-3)8-6-17)24(31)27-10-11-29-25(32)21(37-26(29)33)13-16-4-9-19-20(12-16)36-14-35-19/h4-9,12-13,15,22H,10-11,14H2,1-3H3,(H,27,31)(H,28,30)/t22-/m0/s1. The van der Waals surface area contributed by atoms with Gasteiger partial charge in [0.15, 0.2) is 11.5 Å². The zero-order valence-electron chi connectivity index (χ0n) is 20.6. The first-order chi connectivity index (χ1) is 17.8. The van der Waals surface area contributed by atoms with Crippen LogP contribution in [0.15, 0.2) is 47.4 Å². The van der Waals surface area contributed by atoms with Gasteiger partial charge in [0.1, 0.15) is 11.8 Å². The fraction of sp³-hybridized carbons (Fsp3) is 0.308. The summed E-state index contributed by atoms with van der Waals surface area (Å²) in [5.41, 5.74) is 1.10. The first kappa shape index (κ1) is 26.1. The molecule has 0 spiro atoms. The number of benzene rings is 2. The fourth-order valence-corrected chi connectivity index (χ4v) is 4.61. The van der Waals surface area contributed by atoms with Gasteiger partial charge in [-0.3, -0.25) is 24.1 Å². The predicted octanol–water partition coefficient (Wildman–Crippen LogP) is 3.03. The molecule has 0 saturated carbocycles. The van der Waals surface area contributed by atoms with Crippen molar-refractivity contribution in [2.45, 2.75) is 19.9 Å². The third-order valence-corrected chi connectivity index (χ3v) is 6.70. The van der Waals surface area contributed by atoms with Crippen LogP contribution in [-0.4, -0.2) is 60.9 Å². The van der Waals surface area contributed by atoms with E-state index in [9.17, 15) is 19.2 Å². The Morgan fingerprint density at radius 1 is 1.11 bits per heavy atom. The van der Waals surface area contributed by atoms with Gasteiger partial charge < -0.3 is 24.8 Å². The molecule has 4 rings (SSSR count). The van der Waals surface area contributed by atoms with Gasteiger partial charge in [-0.05, 0) is 65.7 Å². The number of thioether (sulfide) groups is 1. The van der Waals surface area contributed by atoms with E-state index < -0.39 is 29.0 Å². The van der Waals surface area contributed by atoms with E-state index in [1.807, 2.05) is 13.8 Å². The van der Waals surface area contributed by atoms with Crippen LogP contribution in [0.3, 0.4) is 0 Å². The fourth-order valence-electron chi connectivity index (χ4n) is 3.75. The van der Waals surface area contributed by atoms with Gasteiger partial charge in [-0.1, -0.05) is 19.9 Å². The van der Waals surface area contributed by atoms with E-state index in [0.29, 0.717) is 28.4 Å². The molecule has 0 bridgehead atoms. The number of nitrogens with one attached hydrogen (secondary N) is 2. The van der Waals surface area contributed by atoms with Crippen LogP contribution in [0.2, 0.25) is 0 Å². The Morgan fingerprint density at radius 3 is 2.54 bits per heavy atom. The molecule has 194 valence electrons. The molecule has 0 aliphatic carbocycles. The highest BCUT2D eigenvalue weighted by molar-refractivity contribution is 8.18. The molecule has 2 aromatic rings. The second-order valence-electron chi connectivity index (χ2n) is 8.66. The van der Waals surface area contributed by atoms with Crippen molar-refractivity contribution < 1.29 is 33.4 Å². The summed E-state index contributed by atoms with van der Waals surface area (Å²) >= 11 is 0.836. The Labute approximate surface area is 218 Å². The molecule has 2 aromatic carbocycles. The van der Waals surface area contributed by atoms with E-state index >= 15 is 0 Å². The van der Waals surface area contributed by atoms with Crippen LogP contribution in [0.4, 0.5) is 4.79 Å². The second-order valence-corrected chi connectivity index (χ2v) is 9.65. The molecule has 37 heavy (non-hydrogen) atoms. The van der Waals surface area contributed by atoms with Gasteiger partial charge >= 0.3 is 0 Å². The Bertz CT molecular complexity index is 1240. The van der Waals surface area contributed by atoms with Gasteiger partial charge in [-0.25, -0.2) is 0 Å². The Hall–Kier alpha value is -3.99. The van der Waals surface area contributed by atoms with E-state index in [1.165, 1.54) is 7.11 Å². The molecule has 2 aliphatic rings. The van der Waals surface area contributed by atoms with Crippen LogP contribution in [0.1, 0.15) is 29.8 Å². The Balaban J connectivity index is 1.32. The van der Waals surface area contributed by atoms with Crippen molar-refractivity contribution in [2.24, 2.45) is 5.92 Å². The highest BCUT2D eigenvalue weighted by Gasteiger charge is 2.35. The number of imide groups is 1. The molecule has 0 radical (unpaired) electrons. The van der Waals surface area contributed by atoms with Crippen LogP contribution in [-0.2, 0) is 9.59 Å². The lowest BCUT2D eigenvalue weighted by atomic mass is 10.0. The van der Waals surface area contributed by atoms with Crippen molar-refractivity contribution in [3.8, 4) is 17.2 Å². The van der Waals surface area contributed by atoms with Crippen molar-refractivity contribution in [3.63, 3.8) is 0 Å². The molecule has 0 unspecified atom stereocenters. The first-order valence-corrected chi connectivity index (χ1v) is 12.5. The molecule has 2 aliphatic heterocycles. The van der Waals surface area contributed by atoms with Gasteiger partial charge in [-0.2, -0.15) is 0 Å². The zero-order chi connectivity index (χ0) is 26.5. The predicted molar refractivity (Wildman–Crippen MR) is 137 cm³/mol. The van der Waals surface area contributed by atoms with Crippen LogP contribution < -0.4 is 24.8 Å². The molecule has 1 saturated heterocycles. The largest absolute Gasteiger partial charge is 0.497 e. The number of nitrogens with zero attached hydrogens (tertiary/aromatic N) is 1. The number of carbonyl (C=O) groups is 4. The lowest BCUT2D eigenvalue weighted by molar-refractivity contribution is -0.125. The summed E-state index contributed by atoms with van der Waals surface area (Å²) in [4.78, 5) is 52.1. The molecular weight excluding hydrogens is 498 g/mol. The molecule has 2 N–H and O–H groups in total. The third kappa shape index (κ3) is 6.05. The van der Waals surface area contributed by atoms with E-state index in [4.69, 9.17) is 14.2 Å². The zero-order valence-corrected chi connectivity index (χ0v) is 21.4. The van der Waals surface area contributed by atoms with E-state index in [2.05, 4.69) is 10.6 Å². The summed E-state index contributed by atoms with van der Waals surface area (Å²) in [6.07, 6.45) is 1.62. The smallest absolute Gasteiger partial charge is 0.293 e. The van der Waals surface area contributed by atoms with Crippen molar-refractivity contribution in [3.05, 3.63) is 58.5 Å². The third-order valence-electron chi connectivity index (χ3n) is 5.79. The van der Waals surface area contributed by atoms with Crippen molar-refractivity contribution in [1.82, 2.24) is 15.5 Å². The van der Waals surface area contributed by atoms with Crippen molar-refractivity contribution in [1.29, 1.82) is 0 Å². The SMILES string of the molecule is COc1ccc(C(=O)N[C@H](C(=O)NCCN2C(=O)SC(=Cc3ccc4c(c3)OCO4)C2=O)C(C)C)cc1. The highest BCUT2D eigenvalue weighted by Crippen LogP contribution is 2.36. The van der Waals surface area contributed by atoms with Crippen LogP contribution in [0.5, 0.6) is 17.2 Å². The summed E-state index contributed by atoms with van der Waals surface area (Å²) in [5, 5.41) is 5.05. The number of hydrogen-bond acceptors (Lipinski definition) is 8. The first-order valence-electron chi connectivity index (χ1n) is 11.6. The topological polar surface area (TPSA) is 123 Å². The number of hydrogen-bond donors (Lipinski definition) is 2. The molecule has 1 fully saturated rings. The number of carbonyl (C=O) groups excluding carboxylic acids is 4. The number of fused-ring (bicyclic) bond motifs is 1. The average Bonchev–Trinajstić information content (AvgIpc) is 3.46. The molecule has 1 atom stereocenters. The summed E-state index contributed by atoms with van der Waals surface area (Å²) in [6.45, 7) is 3.83. The average molecular weight is 526 g/mol. The maximum absolute atomic E-state index is 12.8. The normalized spacial score (nSPS) is 16.3. The molecule has 11 heteroatoms. The number of ether oxygens (including phenoxy) is 3. The van der Waals surface area contributed by atoms with Gasteiger partial charge in [0, 0.05) is 18.7 Å². The van der Waals surface area contributed by atoms with Gasteiger partial charge in [0.05, 0.1) is 12.0 Å². The molecule has 0 aromatic heterocycles. The molecule has 10 nitrogen and oxygen atoms in total. The number of rotatable bonds is 9. The van der Waals surface area contributed by atoms with E-state index in [-0.39, 0.29) is 30.7 Å². The van der Waals surface area contributed by atoms with Crippen LogP contribution >= 0.6 is 11.8 Å². The number of methoxy groups -OCH3 is 1. The summed E-state index contributed by atoms with van der Waals surface area (Å²) in [5.74, 6) is 0.401. The minimum absolute atomic E-state index is 0.00608. The van der Waals surface area contributed by atoms with Crippen molar-refractivity contribution >= 4 is 40.8 Å². The van der Waals surface area contributed by atoms with E-state index in [0.717, 1.165) is 16.7 Å². The monoisotopic (exact) mass is 525 g/mol. The van der Waals surface area contributed by atoms with E-state index in [1.54, 1.807) is 48.5 Å². The second kappa shape index (κ2) is 11.4. The van der Waals surface area contributed by atoms with Gasteiger partial charge in [-0.15, -0.1) is 0 Å². The molecular formula is C26H27N3O7S. The quantitative estimate of drug-likeness (QED) is 0.479. The summed E-state index contributed by atoms with van der Waals surface area (Å²) in [6, 6.07) is 11.0. The minimum Gasteiger partial charge on any atom is -0.497 e. The van der Waals surface area contributed by atoms with Crippen LogP contribution in [0, 0.1) is 5.92 Å². The summed E-state index contributed by atoms with van der Waals surface area (Å²) < 4.78 is 15.7.